The second-order valence-electron chi connectivity index (χ2n) is 4.33. The summed E-state index contributed by atoms with van der Waals surface area (Å²) in [6.45, 7) is 3.58. The second kappa shape index (κ2) is 7.59. The van der Waals surface area contributed by atoms with Gasteiger partial charge in [-0.3, -0.25) is 9.98 Å². The van der Waals surface area contributed by atoms with Gasteiger partial charge in [-0.2, -0.15) is 0 Å². The van der Waals surface area contributed by atoms with E-state index in [0.29, 0.717) is 6.54 Å². The fourth-order valence-corrected chi connectivity index (χ4v) is 2.46. The van der Waals surface area contributed by atoms with E-state index >= 15 is 0 Å². The molecule has 20 heavy (non-hydrogen) atoms. The normalized spacial score (nSPS) is 11.4. The number of hydrogen-bond donors (Lipinski definition) is 2. The molecule has 0 fully saturated rings. The minimum absolute atomic E-state index is 0.699. The average Bonchev–Trinajstić information content (AvgIpc) is 2.89. The summed E-state index contributed by atoms with van der Waals surface area (Å²) in [7, 11) is 1.77. The van der Waals surface area contributed by atoms with Crippen molar-refractivity contribution in [1.29, 1.82) is 0 Å². The van der Waals surface area contributed by atoms with Crippen LogP contribution in [0.25, 0.3) is 0 Å². The van der Waals surface area contributed by atoms with Crippen LogP contribution in [0.2, 0.25) is 0 Å². The fourth-order valence-electron chi connectivity index (χ4n) is 1.73. The molecule has 0 amide bonds. The van der Waals surface area contributed by atoms with Crippen LogP contribution in [0.4, 0.5) is 0 Å². The lowest BCUT2D eigenvalue weighted by atomic mass is 10.2. The third-order valence-electron chi connectivity index (χ3n) is 2.73. The molecule has 0 saturated heterocycles. The van der Waals surface area contributed by atoms with Gasteiger partial charge in [-0.1, -0.05) is 6.07 Å². The molecule has 0 bridgehead atoms. The van der Waals surface area contributed by atoms with E-state index in [9.17, 15) is 0 Å². The van der Waals surface area contributed by atoms with Crippen LogP contribution in [0, 0.1) is 6.92 Å². The van der Waals surface area contributed by atoms with E-state index in [1.165, 1.54) is 10.4 Å². The summed E-state index contributed by atoms with van der Waals surface area (Å²) in [6, 6.07) is 4.02. The van der Waals surface area contributed by atoms with Crippen molar-refractivity contribution >= 4 is 17.3 Å². The molecule has 106 valence electrons. The van der Waals surface area contributed by atoms with Gasteiger partial charge in [0.15, 0.2) is 5.96 Å². The average molecular weight is 289 g/mol. The summed E-state index contributed by atoms with van der Waals surface area (Å²) in [5, 5.41) is 7.61. The van der Waals surface area contributed by atoms with Crippen molar-refractivity contribution in [3.05, 3.63) is 46.2 Å². The number of hydrogen-bond acceptors (Lipinski definition) is 4. The van der Waals surface area contributed by atoms with Gasteiger partial charge in [0.25, 0.3) is 0 Å². The number of rotatable bonds is 5. The van der Waals surface area contributed by atoms with Crippen LogP contribution in [0.5, 0.6) is 0 Å². The Morgan fingerprint density at radius 1 is 1.35 bits per heavy atom. The molecule has 2 heterocycles. The summed E-state index contributed by atoms with van der Waals surface area (Å²) in [4.78, 5) is 13.8. The van der Waals surface area contributed by atoms with Gasteiger partial charge in [0.2, 0.25) is 0 Å². The van der Waals surface area contributed by atoms with Crippen LogP contribution in [-0.2, 0) is 13.0 Å². The molecule has 6 heteroatoms. The number of nitrogens with one attached hydrogen (secondary N) is 2. The van der Waals surface area contributed by atoms with Crippen molar-refractivity contribution in [2.45, 2.75) is 19.9 Å². The SMILES string of the molecule is CN=C(NCCc1cccnc1)NCc1ncc(C)s1. The van der Waals surface area contributed by atoms with Gasteiger partial charge < -0.3 is 10.6 Å². The summed E-state index contributed by atoms with van der Waals surface area (Å²) in [5.74, 6) is 0.793. The molecule has 2 aromatic rings. The van der Waals surface area contributed by atoms with Crippen molar-refractivity contribution < 1.29 is 0 Å². The maximum atomic E-state index is 4.31. The Balaban J connectivity index is 1.73. The molecule has 2 N–H and O–H groups in total. The smallest absolute Gasteiger partial charge is 0.191 e. The highest BCUT2D eigenvalue weighted by atomic mass is 32.1. The Bertz CT molecular complexity index is 550. The van der Waals surface area contributed by atoms with Crippen LogP contribution in [0.1, 0.15) is 15.4 Å². The van der Waals surface area contributed by atoms with Crippen molar-refractivity contribution in [2.24, 2.45) is 4.99 Å². The van der Waals surface area contributed by atoms with Crippen LogP contribution in [0.15, 0.2) is 35.7 Å². The second-order valence-corrected chi connectivity index (χ2v) is 5.65. The molecule has 0 aliphatic carbocycles. The third-order valence-corrected chi connectivity index (χ3v) is 3.64. The number of pyridine rings is 1. The molecule has 0 radical (unpaired) electrons. The lowest BCUT2D eigenvalue weighted by Gasteiger charge is -2.10. The Hall–Kier alpha value is -1.95. The zero-order chi connectivity index (χ0) is 14.2. The standard InChI is InChI=1S/C14H19N5S/c1-11-8-18-13(20-11)10-19-14(15-2)17-7-5-12-4-3-6-16-9-12/h3-4,6,8-9H,5,7,10H2,1-2H3,(H2,15,17,19). The van der Waals surface area contributed by atoms with Gasteiger partial charge in [-0.15, -0.1) is 11.3 Å². The van der Waals surface area contributed by atoms with E-state index in [1.54, 1.807) is 24.6 Å². The van der Waals surface area contributed by atoms with Crippen LogP contribution >= 0.6 is 11.3 Å². The van der Waals surface area contributed by atoms with E-state index in [4.69, 9.17) is 0 Å². The fraction of sp³-hybridized carbons (Fsp3) is 0.357. The van der Waals surface area contributed by atoms with Crippen LogP contribution in [-0.4, -0.2) is 29.5 Å². The minimum Gasteiger partial charge on any atom is -0.356 e. The number of aromatic nitrogens is 2. The molecule has 0 saturated carbocycles. The van der Waals surface area contributed by atoms with Crippen LogP contribution < -0.4 is 10.6 Å². The molecule has 0 spiro atoms. The van der Waals surface area contributed by atoms with Crippen LogP contribution in [0.3, 0.4) is 0 Å². The summed E-state index contributed by atoms with van der Waals surface area (Å²) in [6.07, 6.45) is 6.48. The molecule has 5 nitrogen and oxygen atoms in total. The van der Waals surface area contributed by atoms with Gasteiger partial charge in [0.05, 0.1) is 6.54 Å². The first-order chi connectivity index (χ1) is 9.78. The van der Waals surface area contributed by atoms with Crippen molar-refractivity contribution in [1.82, 2.24) is 20.6 Å². The molecular weight excluding hydrogens is 270 g/mol. The Labute approximate surface area is 123 Å². The zero-order valence-electron chi connectivity index (χ0n) is 11.8. The molecule has 2 aromatic heterocycles. The molecule has 0 atom stereocenters. The van der Waals surface area contributed by atoms with E-state index in [0.717, 1.165) is 23.9 Å². The number of guanidine groups is 1. The minimum atomic E-state index is 0.699. The van der Waals surface area contributed by atoms with E-state index < -0.39 is 0 Å². The number of nitrogens with zero attached hydrogens (tertiary/aromatic N) is 3. The van der Waals surface area contributed by atoms with Gasteiger partial charge in [-0.25, -0.2) is 4.98 Å². The Kier molecular flexibility index (Phi) is 5.49. The monoisotopic (exact) mass is 289 g/mol. The van der Waals surface area contributed by atoms with E-state index in [1.807, 2.05) is 18.5 Å². The maximum absolute atomic E-state index is 4.31. The Morgan fingerprint density at radius 2 is 2.25 bits per heavy atom. The third kappa shape index (κ3) is 4.62. The summed E-state index contributed by atoms with van der Waals surface area (Å²) >= 11 is 1.70. The largest absolute Gasteiger partial charge is 0.356 e. The van der Waals surface area contributed by atoms with Crippen molar-refractivity contribution in [3.63, 3.8) is 0 Å². The first kappa shape index (κ1) is 14.5. The van der Waals surface area contributed by atoms with Gasteiger partial charge in [0, 0.05) is 37.1 Å². The first-order valence-corrected chi connectivity index (χ1v) is 7.34. The molecule has 0 aliphatic heterocycles. The summed E-state index contributed by atoms with van der Waals surface area (Å²) < 4.78 is 0. The quantitative estimate of drug-likeness (QED) is 0.650. The maximum Gasteiger partial charge on any atom is 0.191 e. The van der Waals surface area contributed by atoms with Crippen molar-refractivity contribution in [3.8, 4) is 0 Å². The molecule has 2 rings (SSSR count). The lowest BCUT2D eigenvalue weighted by molar-refractivity contribution is 0.790. The predicted molar refractivity (Wildman–Crippen MR) is 83.0 cm³/mol. The highest BCUT2D eigenvalue weighted by Crippen LogP contribution is 2.10. The number of aliphatic imine (C=N–C) groups is 1. The molecular formula is C14H19N5S. The first-order valence-electron chi connectivity index (χ1n) is 6.52. The highest BCUT2D eigenvalue weighted by molar-refractivity contribution is 7.11. The van der Waals surface area contributed by atoms with Gasteiger partial charge in [0.1, 0.15) is 5.01 Å². The van der Waals surface area contributed by atoms with Gasteiger partial charge >= 0.3 is 0 Å². The lowest BCUT2D eigenvalue weighted by Crippen LogP contribution is -2.37. The molecule has 0 aliphatic rings. The van der Waals surface area contributed by atoms with Gasteiger partial charge in [-0.05, 0) is 25.0 Å². The highest BCUT2D eigenvalue weighted by Gasteiger charge is 2.01. The Morgan fingerprint density at radius 3 is 2.90 bits per heavy atom. The van der Waals surface area contributed by atoms with E-state index in [-0.39, 0.29) is 0 Å². The molecule has 0 unspecified atom stereocenters. The summed E-state index contributed by atoms with van der Waals surface area (Å²) in [5.41, 5.74) is 1.21. The van der Waals surface area contributed by atoms with Crippen molar-refractivity contribution in [2.75, 3.05) is 13.6 Å². The predicted octanol–water partition coefficient (Wildman–Crippen LogP) is 1.75. The zero-order valence-corrected chi connectivity index (χ0v) is 12.6. The molecule has 0 aromatic carbocycles. The topological polar surface area (TPSA) is 62.2 Å². The number of thiazole rings is 1. The number of aryl methyl sites for hydroxylation is 1. The van der Waals surface area contributed by atoms with E-state index in [2.05, 4.69) is 38.6 Å².